The standard InChI is InChI=1S/C29H38FN3O4/c30-20-9-11-23(27-8-2-4-17-37-27)24(18-20)28(29(34)35)33-15-13-22(19-33)36-16-3-1-6-21-10-12-25-26(32-21)7-5-14-31-25/h9-12,18,22,27-28,31H,1-8,13-17,19H2,(H,34,35)/t22-,27-,28?/m1/s1. The van der Waals surface area contributed by atoms with Crippen molar-refractivity contribution in [1.82, 2.24) is 9.88 Å². The number of fused-ring (bicyclic) bond motifs is 1. The largest absolute Gasteiger partial charge is 0.480 e. The number of likely N-dealkylation sites (tertiary alicyclic amines) is 1. The first kappa shape index (κ1) is 26.1. The van der Waals surface area contributed by atoms with Gasteiger partial charge in [-0.1, -0.05) is 6.07 Å². The fraction of sp³-hybridized carbons (Fsp3) is 0.586. The van der Waals surface area contributed by atoms with Crippen LogP contribution in [-0.2, 0) is 27.1 Å². The SMILES string of the molecule is O=C(O)C(c1cc(F)ccc1[C@H]1CCCCO1)N1CC[C@@H](OCCCCc2ccc3c(n2)CCCN3)C1. The van der Waals surface area contributed by atoms with E-state index in [1.807, 2.05) is 4.90 Å². The van der Waals surface area contributed by atoms with E-state index in [9.17, 15) is 14.3 Å². The molecule has 3 atom stereocenters. The third kappa shape index (κ3) is 6.48. The van der Waals surface area contributed by atoms with Crippen LogP contribution in [0.4, 0.5) is 10.1 Å². The van der Waals surface area contributed by atoms with Crippen molar-refractivity contribution in [2.75, 3.05) is 38.2 Å². The van der Waals surface area contributed by atoms with E-state index in [0.29, 0.717) is 31.9 Å². The molecule has 3 aliphatic rings. The Morgan fingerprint density at radius 1 is 1.22 bits per heavy atom. The number of anilines is 1. The first-order valence-corrected chi connectivity index (χ1v) is 13.8. The van der Waals surface area contributed by atoms with Crippen LogP contribution in [0, 0.1) is 5.82 Å². The molecule has 1 unspecified atom stereocenters. The maximum atomic E-state index is 14.3. The zero-order chi connectivity index (χ0) is 25.6. The number of hydrogen-bond donors (Lipinski definition) is 2. The number of carbonyl (C=O) groups is 1. The molecule has 1 aromatic carbocycles. The minimum Gasteiger partial charge on any atom is -0.480 e. The Bertz CT molecular complexity index is 1080. The Labute approximate surface area is 218 Å². The number of hydrogen-bond acceptors (Lipinski definition) is 6. The highest BCUT2D eigenvalue weighted by Crippen LogP contribution is 2.36. The van der Waals surface area contributed by atoms with Crippen LogP contribution in [0.25, 0.3) is 0 Å². The molecule has 5 rings (SSSR count). The molecule has 37 heavy (non-hydrogen) atoms. The first-order valence-electron chi connectivity index (χ1n) is 13.8. The van der Waals surface area contributed by atoms with E-state index in [1.165, 1.54) is 23.5 Å². The molecule has 0 aliphatic carbocycles. The molecule has 1 aromatic heterocycles. The molecular weight excluding hydrogens is 473 g/mol. The predicted octanol–water partition coefficient (Wildman–Crippen LogP) is 5.06. The van der Waals surface area contributed by atoms with E-state index in [2.05, 4.69) is 17.4 Å². The number of rotatable bonds is 10. The summed E-state index contributed by atoms with van der Waals surface area (Å²) in [6, 6.07) is 7.83. The molecule has 0 bridgehead atoms. The molecule has 2 aromatic rings. The minimum absolute atomic E-state index is 0.0160. The Hall–Kier alpha value is -2.55. The zero-order valence-corrected chi connectivity index (χ0v) is 21.5. The second-order valence-corrected chi connectivity index (χ2v) is 10.4. The fourth-order valence-electron chi connectivity index (χ4n) is 5.85. The zero-order valence-electron chi connectivity index (χ0n) is 21.5. The molecule has 7 nitrogen and oxygen atoms in total. The van der Waals surface area contributed by atoms with Crippen LogP contribution in [0.3, 0.4) is 0 Å². The van der Waals surface area contributed by atoms with Crippen molar-refractivity contribution in [2.45, 2.75) is 76.0 Å². The molecule has 0 amide bonds. The number of nitrogens with one attached hydrogen (secondary N) is 1. The van der Waals surface area contributed by atoms with Crippen molar-refractivity contribution >= 4 is 11.7 Å². The molecule has 3 aliphatic heterocycles. The average Bonchev–Trinajstić information content (AvgIpc) is 3.37. The lowest BCUT2D eigenvalue weighted by Crippen LogP contribution is -2.34. The van der Waals surface area contributed by atoms with Crippen LogP contribution >= 0.6 is 0 Å². The van der Waals surface area contributed by atoms with Gasteiger partial charge < -0.3 is 19.9 Å². The molecule has 0 spiro atoms. The number of pyridine rings is 1. The van der Waals surface area contributed by atoms with Crippen molar-refractivity contribution in [3.05, 3.63) is 58.7 Å². The topological polar surface area (TPSA) is 83.9 Å². The Morgan fingerprint density at radius 2 is 2.14 bits per heavy atom. The van der Waals surface area contributed by atoms with Crippen LogP contribution in [0.5, 0.6) is 0 Å². The Morgan fingerprint density at radius 3 is 2.97 bits per heavy atom. The molecule has 0 radical (unpaired) electrons. The lowest BCUT2D eigenvalue weighted by molar-refractivity contribution is -0.143. The van der Waals surface area contributed by atoms with Gasteiger partial charge in [-0.15, -0.1) is 0 Å². The van der Waals surface area contributed by atoms with Crippen LogP contribution in [0.1, 0.15) is 79.6 Å². The highest BCUT2D eigenvalue weighted by Gasteiger charge is 2.36. The van der Waals surface area contributed by atoms with Gasteiger partial charge in [-0.05, 0) is 93.2 Å². The van der Waals surface area contributed by atoms with Crippen LogP contribution in [0.15, 0.2) is 30.3 Å². The summed E-state index contributed by atoms with van der Waals surface area (Å²) in [4.78, 5) is 19.1. The summed E-state index contributed by atoms with van der Waals surface area (Å²) in [6.07, 6.45) is 8.47. The highest BCUT2D eigenvalue weighted by atomic mass is 19.1. The average molecular weight is 512 g/mol. The molecule has 200 valence electrons. The molecule has 2 fully saturated rings. The van der Waals surface area contributed by atoms with Crippen molar-refractivity contribution in [3.63, 3.8) is 0 Å². The summed E-state index contributed by atoms with van der Waals surface area (Å²) >= 11 is 0. The van der Waals surface area contributed by atoms with Crippen molar-refractivity contribution in [1.29, 1.82) is 0 Å². The maximum Gasteiger partial charge on any atom is 0.325 e. The van der Waals surface area contributed by atoms with Gasteiger partial charge in [0.05, 0.1) is 23.6 Å². The van der Waals surface area contributed by atoms with Gasteiger partial charge in [0.25, 0.3) is 0 Å². The van der Waals surface area contributed by atoms with E-state index < -0.39 is 17.8 Å². The van der Waals surface area contributed by atoms with Gasteiger partial charge in [-0.3, -0.25) is 14.7 Å². The van der Waals surface area contributed by atoms with Gasteiger partial charge in [0, 0.05) is 38.5 Å². The number of nitrogens with zero attached hydrogens (tertiary/aromatic N) is 2. The van der Waals surface area contributed by atoms with Gasteiger partial charge in [0.1, 0.15) is 11.9 Å². The summed E-state index contributed by atoms with van der Waals surface area (Å²) < 4.78 is 26.3. The van der Waals surface area contributed by atoms with E-state index in [-0.39, 0.29) is 12.2 Å². The number of halogens is 1. The van der Waals surface area contributed by atoms with Crippen LogP contribution < -0.4 is 5.32 Å². The monoisotopic (exact) mass is 511 g/mol. The molecular formula is C29H38FN3O4. The van der Waals surface area contributed by atoms with Gasteiger partial charge in [0.15, 0.2) is 0 Å². The lowest BCUT2D eigenvalue weighted by atomic mass is 9.92. The third-order valence-corrected chi connectivity index (χ3v) is 7.76. The lowest BCUT2D eigenvalue weighted by Gasteiger charge is -2.30. The number of aryl methyl sites for hydroxylation is 2. The van der Waals surface area contributed by atoms with Crippen LogP contribution in [-0.4, -0.2) is 59.9 Å². The van der Waals surface area contributed by atoms with Gasteiger partial charge in [-0.25, -0.2) is 4.39 Å². The summed E-state index contributed by atoms with van der Waals surface area (Å²) in [6.45, 7) is 3.45. The van der Waals surface area contributed by atoms with Gasteiger partial charge in [-0.2, -0.15) is 0 Å². The van der Waals surface area contributed by atoms with E-state index in [0.717, 1.165) is 75.6 Å². The number of aliphatic carboxylic acids is 1. The predicted molar refractivity (Wildman–Crippen MR) is 139 cm³/mol. The van der Waals surface area contributed by atoms with E-state index in [1.54, 1.807) is 6.07 Å². The minimum atomic E-state index is -0.962. The number of ether oxygens (including phenoxy) is 2. The summed E-state index contributed by atoms with van der Waals surface area (Å²) in [5, 5.41) is 13.6. The summed E-state index contributed by atoms with van der Waals surface area (Å²) in [7, 11) is 0. The molecule has 2 N–H and O–H groups in total. The highest BCUT2D eigenvalue weighted by molar-refractivity contribution is 5.76. The second kappa shape index (κ2) is 12.3. The van der Waals surface area contributed by atoms with Gasteiger partial charge >= 0.3 is 5.97 Å². The summed E-state index contributed by atoms with van der Waals surface area (Å²) in [5.74, 6) is -1.38. The smallest absolute Gasteiger partial charge is 0.325 e. The van der Waals surface area contributed by atoms with Crippen molar-refractivity contribution in [3.8, 4) is 0 Å². The molecule has 2 saturated heterocycles. The molecule has 8 heteroatoms. The third-order valence-electron chi connectivity index (χ3n) is 7.76. The van der Waals surface area contributed by atoms with Gasteiger partial charge in [0.2, 0.25) is 0 Å². The summed E-state index contributed by atoms with van der Waals surface area (Å²) in [5.41, 5.74) is 4.78. The first-order chi connectivity index (χ1) is 18.1. The number of unbranched alkanes of at least 4 members (excludes halogenated alkanes) is 1. The van der Waals surface area contributed by atoms with E-state index >= 15 is 0 Å². The Kier molecular flexibility index (Phi) is 8.69. The quantitative estimate of drug-likeness (QED) is 0.432. The van der Waals surface area contributed by atoms with E-state index in [4.69, 9.17) is 14.5 Å². The molecule has 4 heterocycles. The normalized spacial score (nSPS) is 22.8. The second-order valence-electron chi connectivity index (χ2n) is 10.4. The number of carboxylic acid groups (broad SMARTS) is 1. The fourth-order valence-corrected chi connectivity index (χ4v) is 5.85. The number of benzene rings is 1. The molecule has 0 saturated carbocycles. The Balaban J connectivity index is 1.13. The number of aromatic nitrogens is 1. The number of carboxylic acids is 1. The maximum absolute atomic E-state index is 14.3. The van der Waals surface area contributed by atoms with Crippen molar-refractivity contribution in [2.24, 2.45) is 0 Å². The van der Waals surface area contributed by atoms with Crippen molar-refractivity contribution < 1.29 is 23.8 Å². The van der Waals surface area contributed by atoms with Crippen LogP contribution in [0.2, 0.25) is 0 Å².